The summed E-state index contributed by atoms with van der Waals surface area (Å²) in [6, 6.07) is -0.872. The fourth-order valence-corrected chi connectivity index (χ4v) is 7.20. The van der Waals surface area contributed by atoms with Gasteiger partial charge < -0.3 is 21.1 Å². The Hall–Kier alpha value is -1.02. The first kappa shape index (κ1) is 51.0. The van der Waals surface area contributed by atoms with Gasteiger partial charge in [-0.05, 0) is 32.1 Å². The normalized spacial score (nSPS) is 14.3. The molecule has 0 aliphatic rings. The summed E-state index contributed by atoms with van der Waals surface area (Å²) < 4.78 is 22.1. The van der Waals surface area contributed by atoms with Crippen LogP contribution in [0, 0.1) is 0 Å². The summed E-state index contributed by atoms with van der Waals surface area (Å²) in [6.07, 6.45) is 45.2. The van der Waals surface area contributed by atoms with Crippen LogP contribution in [0.2, 0.25) is 0 Å². The van der Waals surface area contributed by atoms with Crippen molar-refractivity contribution >= 4 is 13.7 Å². The van der Waals surface area contributed by atoms with Gasteiger partial charge in [0.25, 0.3) is 0 Å². The van der Waals surface area contributed by atoms with Gasteiger partial charge in [-0.2, -0.15) is 0 Å². The Morgan fingerprint density at radius 3 is 1.48 bits per heavy atom. The Morgan fingerprint density at radius 2 is 1.02 bits per heavy atom. The maximum Gasteiger partial charge on any atom is 0.472 e. The lowest BCUT2D eigenvalue weighted by Crippen LogP contribution is -2.45. The third kappa shape index (κ3) is 37.3. The molecule has 8 nitrogen and oxygen atoms in total. The van der Waals surface area contributed by atoms with Crippen LogP contribution < -0.4 is 11.1 Å². The van der Waals surface area contributed by atoms with Crippen molar-refractivity contribution < 1.29 is 28.4 Å². The van der Waals surface area contributed by atoms with E-state index in [9.17, 15) is 19.4 Å². The monoisotopic (exact) mass is 757 g/mol. The van der Waals surface area contributed by atoms with E-state index in [0.29, 0.717) is 6.42 Å². The molecular weight excluding hydrogens is 671 g/mol. The Morgan fingerprint density at radius 1 is 0.615 bits per heavy atom. The predicted molar refractivity (Wildman–Crippen MR) is 221 cm³/mol. The van der Waals surface area contributed by atoms with Gasteiger partial charge in [0.2, 0.25) is 5.91 Å². The number of carbonyl (C=O) groups excluding carboxylic acids is 1. The second-order valence-electron chi connectivity index (χ2n) is 14.9. The second kappa shape index (κ2) is 39.7. The largest absolute Gasteiger partial charge is 0.472 e. The summed E-state index contributed by atoms with van der Waals surface area (Å²) in [4.78, 5) is 22.7. The van der Waals surface area contributed by atoms with E-state index in [1.54, 1.807) is 6.08 Å². The van der Waals surface area contributed by atoms with Gasteiger partial charge in [-0.25, -0.2) is 4.57 Å². The zero-order valence-electron chi connectivity index (χ0n) is 34.1. The predicted octanol–water partition coefficient (Wildman–Crippen LogP) is 12.2. The lowest BCUT2D eigenvalue weighted by Gasteiger charge is -2.23. The van der Waals surface area contributed by atoms with E-state index in [1.807, 2.05) is 6.08 Å². The molecule has 0 spiro atoms. The molecule has 5 N–H and O–H groups in total. The van der Waals surface area contributed by atoms with Crippen molar-refractivity contribution in [3.05, 3.63) is 24.3 Å². The molecule has 0 aliphatic heterocycles. The number of nitrogens with two attached hydrogens (primary N) is 1. The van der Waals surface area contributed by atoms with Gasteiger partial charge in [-0.15, -0.1) is 0 Å². The topological polar surface area (TPSA) is 131 Å². The minimum Gasteiger partial charge on any atom is -0.387 e. The number of nitrogens with one attached hydrogen (secondary N) is 1. The summed E-state index contributed by atoms with van der Waals surface area (Å²) >= 11 is 0. The van der Waals surface area contributed by atoms with E-state index >= 15 is 0 Å². The van der Waals surface area contributed by atoms with E-state index in [2.05, 4.69) is 31.3 Å². The van der Waals surface area contributed by atoms with E-state index < -0.39 is 20.0 Å². The highest BCUT2D eigenvalue weighted by Gasteiger charge is 2.26. The number of allylic oxidation sites excluding steroid dienone is 3. The van der Waals surface area contributed by atoms with Crippen molar-refractivity contribution in [2.24, 2.45) is 5.73 Å². The van der Waals surface area contributed by atoms with Gasteiger partial charge >= 0.3 is 7.82 Å². The smallest absolute Gasteiger partial charge is 0.387 e. The van der Waals surface area contributed by atoms with Crippen LogP contribution in [0.3, 0.4) is 0 Å². The highest BCUT2D eigenvalue weighted by Crippen LogP contribution is 2.43. The SMILES string of the molecule is CCCCCCCCCCCCCCCC/C=C/CC/C=C/C(O)C(COP(=O)(O)OCCN)NC(=O)CCCCCCCCCCCCCCC. The molecule has 0 aliphatic carbocycles. The van der Waals surface area contributed by atoms with Crippen LogP contribution in [0.5, 0.6) is 0 Å². The number of aliphatic hydroxyl groups is 1. The van der Waals surface area contributed by atoms with Crippen LogP contribution in [0.15, 0.2) is 24.3 Å². The summed E-state index contributed by atoms with van der Waals surface area (Å²) in [5.74, 6) is -0.203. The van der Waals surface area contributed by atoms with E-state index in [1.165, 1.54) is 154 Å². The highest BCUT2D eigenvalue weighted by molar-refractivity contribution is 7.47. The quantitative estimate of drug-likeness (QED) is 0.0277. The van der Waals surface area contributed by atoms with E-state index in [0.717, 1.165) is 38.5 Å². The molecule has 0 aromatic heterocycles. The number of phosphoric acid groups is 1. The molecule has 0 fully saturated rings. The first-order chi connectivity index (χ1) is 25.4. The second-order valence-corrected chi connectivity index (χ2v) is 16.4. The van der Waals surface area contributed by atoms with Crippen LogP contribution in [-0.4, -0.2) is 47.8 Å². The van der Waals surface area contributed by atoms with Crippen molar-refractivity contribution in [3.8, 4) is 0 Å². The van der Waals surface area contributed by atoms with Crippen molar-refractivity contribution in [2.45, 2.75) is 225 Å². The average Bonchev–Trinajstić information content (AvgIpc) is 3.13. The first-order valence-electron chi connectivity index (χ1n) is 22.0. The number of hydrogen-bond acceptors (Lipinski definition) is 6. The van der Waals surface area contributed by atoms with Gasteiger partial charge in [0.1, 0.15) is 0 Å². The Kier molecular flexibility index (Phi) is 38.9. The average molecular weight is 757 g/mol. The standard InChI is InChI=1S/C43H85N2O6P/c1-3-5-7-9-11-13-15-17-18-19-20-21-22-23-25-26-28-30-32-34-36-42(46)41(40-51-52(48,49)50-39-38-44)45-43(47)37-35-33-31-29-27-24-16-14-12-10-8-6-4-2/h26,28,34,36,41-42,46H,3-25,27,29-33,35,37-40,44H2,1-2H3,(H,45,47)(H,48,49)/b28-26+,36-34+. The summed E-state index contributed by atoms with van der Waals surface area (Å²) in [7, 11) is -4.34. The van der Waals surface area contributed by atoms with Gasteiger partial charge in [-0.1, -0.05) is 199 Å². The van der Waals surface area contributed by atoms with Crippen molar-refractivity contribution in [2.75, 3.05) is 19.8 Å². The first-order valence-corrected chi connectivity index (χ1v) is 23.5. The molecule has 0 heterocycles. The molecule has 3 unspecified atom stereocenters. The van der Waals surface area contributed by atoms with Gasteiger partial charge in [0, 0.05) is 13.0 Å². The van der Waals surface area contributed by atoms with Gasteiger partial charge in [-0.3, -0.25) is 13.8 Å². The summed E-state index contributed by atoms with van der Waals surface area (Å²) in [6.45, 7) is 4.12. The number of rotatable bonds is 41. The maximum atomic E-state index is 12.7. The Balaban J connectivity index is 4.23. The number of carbonyl (C=O) groups is 1. The molecule has 0 aromatic carbocycles. The number of aliphatic hydroxyl groups excluding tert-OH is 1. The summed E-state index contributed by atoms with van der Waals surface area (Å²) in [5.41, 5.74) is 5.37. The van der Waals surface area contributed by atoms with Crippen LogP contribution in [0.25, 0.3) is 0 Å². The zero-order chi connectivity index (χ0) is 38.2. The molecule has 0 radical (unpaired) electrons. The third-order valence-corrected chi connectivity index (χ3v) is 10.8. The van der Waals surface area contributed by atoms with Crippen molar-refractivity contribution in [3.63, 3.8) is 0 Å². The molecule has 0 aromatic rings. The number of unbranched alkanes of at least 4 members (excludes halogenated alkanes) is 27. The fourth-order valence-electron chi connectivity index (χ4n) is 6.44. The molecule has 3 atom stereocenters. The van der Waals surface area contributed by atoms with Crippen molar-refractivity contribution in [1.82, 2.24) is 5.32 Å². The van der Waals surface area contributed by atoms with Crippen LogP contribution in [0.1, 0.15) is 213 Å². The van der Waals surface area contributed by atoms with Crippen molar-refractivity contribution in [1.29, 1.82) is 0 Å². The number of amides is 1. The molecule has 308 valence electrons. The minimum absolute atomic E-state index is 0.0758. The maximum absolute atomic E-state index is 12.7. The molecule has 52 heavy (non-hydrogen) atoms. The lowest BCUT2D eigenvalue weighted by atomic mass is 10.0. The fraction of sp³-hybridized carbons (Fsp3) is 0.884. The molecule has 9 heteroatoms. The Labute approximate surface area is 321 Å². The number of phosphoric ester groups is 1. The molecule has 1 amide bonds. The van der Waals surface area contributed by atoms with E-state index in [-0.39, 0.29) is 25.7 Å². The highest BCUT2D eigenvalue weighted by atomic mass is 31.2. The molecule has 0 saturated heterocycles. The summed E-state index contributed by atoms with van der Waals surface area (Å²) in [5, 5.41) is 13.6. The third-order valence-electron chi connectivity index (χ3n) is 9.78. The molecule has 0 bridgehead atoms. The van der Waals surface area contributed by atoms with Gasteiger partial charge in [0.15, 0.2) is 0 Å². The van der Waals surface area contributed by atoms with Crippen LogP contribution in [0.4, 0.5) is 0 Å². The van der Waals surface area contributed by atoms with Crippen LogP contribution in [-0.2, 0) is 18.4 Å². The number of hydrogen-bond donors (Lipinski definition) is 4. The van der Waals surface area contributed by atoms with Gasteiger partial charge in [0.05, 0.1) is 25.4 Å². The zero-order valence-corrected chi connectivity index (χ0v) is 35.0. The van der Waals surface area contributed by atoms with Crippen LogP contribution >= 0.6 is 7.82 Å². The Bertz CT molecular complexity index is 871. The molecule has 0 rings (SSSR count). The minimum atomic E-state index is -4.34. The lowest BCUT2D eigenvalue weighted by molar-refractivity contribution is -0.123. The molecular formula is C43H85N2O6P. The molecule has 0 saturated carbocycles. The van der Waals surface area contributed by atoms with E-state index in [4.69, 9.17) is 14.8 Å².